The molecule has 1 aliphatic rings. The van der Waals surface area contributed by atoms with Crippen molar-refractivity contribution in [2.75, 3.05) is 0 Å². The summed E-state index contributed by atoms with van der Waals surface area (Å²) in [6.45, 7) is 11.5. The van der Waals surface area contributed by atoms with Gasteiger partial charge in [0.1, 0.15) is 0 Å². The molecule has 0 fully saturated rings. The van der Waals surface area contributed by atoms with Crippen LogP contribution in [0, 0.1) is 17.5 Å². The van der Waals surface area contributed by atoms with E-state index < -0.39 is 13.3 Å². The van der Waals surface area contributed by atoms with Gasteiger partial charge < -0.3 is 4.57 Å². The number of pyridine rings is 1. The van der Waals surface area contributed by atoms with Crippen LogP contribution in [0.1, 0.15) is 51.3 Å². The van der Waals surface area contributed by atoms with Gasteiger partial charge in [0.25, 0.3) is 0 Å². The molecule has 2 aromatic heterocycles. The Bertz CT molecular complexity index is 2680. The molecule has 0 saturated carbocycles. The summed E-state index contributed by atoms with van der Waals surface area (Å²) in [5, 5.41) is 0. The van der Waals surface area contributed by atoms with Crippen molar-refractivity contribution >= 4 is 28.7 Å². The minimum atomic E-state index is -1.90. The van der Waals surface area contributed by atoms with E-state index in [0.717, 1.165) is 45.8 Å². The zero-order chi connectivity index (χ0) is 40.0. The van der Waals surface area contributed by atoms with Crippen LogP contribution in [-0.2, 0) is 31.9 Å². The number of rotatable bonds is 6. The fourth-order valence-electron chi connectivity index (χ4n) is 8.26. The molecule has 0 aliphatic heterocycles. The van der Waals surface area contributed by atoms with E-state index in [2.05, 4.69) is 196 Å². The van der Waals surface area contributed by atoms with Crippen LogP contribution in [0.5, 0.6) is 0 Å². The Labute approximate surface area is 361 Å². The van der Waals surface area contributed by atoms with E-state index in [1.165, 1.54) is 43.3 Å². The normalized spacial score (nSPS) is 12.9. The van der Waals surface area contributed by atoms with Gasteiger partial charge in [0.2, 0.25) is 0 Å². The molecule has 3 nitrogen and oxygen atoms in total. The van der Waals surface area contributed by atoms with Crippen LogP contribution in [0.2, 0.25) is 17.3 Å². The summed E-state index contributed by atoms with van der Waals surface area (Å²) in [7, 11) is 0. The molecule has 6 aromatic carbocycles. The number of fused-ring (bicyclic) bond motifs is 4. The van der Waals surface area contributed by atoms with Gasteiger partial charge in [-0.1, -0.05) is 98.3 Å². The third-order valence-electron chi connectivity index (χ3n) is 11.1. The van der Waals surface area contributed by atoms with Crippen LogP contribution in [0.25, 0.3) is 61.6 Å². The fraction of sp³-hybridized carbons (Fsp3) is 0.208. The van der Waals surface area contributed by atoms with Gasteiger partial charge in [-0.05, 0) is 51.9 Å². The largest absolute Gasteiger partial charge is 0.333 e. The van der Waals surface area contributed by atoms with Gasteiger partial charge in [-0.25, -0.2) is 0 Å². The quantitative estimate of drug-likeness (QED) is 0.123. The topological polar surface area (TPSA) is 30.7 Å². The summed E-state index contributed by atoms with van der Waals surface area (Å²) >= 11 is -1.90. The van der Waals surface area contributed by atoms with Crippen LogP contribution in [0.3, 0.4) is 0 Å². The molecule has 0 amide bonds. The first-order valence-corrected chi connectivity index (χ1v) is 27.4. The number of imidazole rings is 1. The van der Waals surface area contributed by atoms with E-state index in [-0.39, 0.29) is 25.5 Å². The minimum Gasteiger partial charge on any atom is -0.333 e. The SMILES string of the molecule is CC(C)(C)Cc1cc(-c2[c-]cccc2)nc[c]1[Ge]([CH3])([CH3])[CH3].CC1(C)c2c[c-]c(-c3nc4ccccc4n3-c3ccc(-c4ccccc4)cc3)cc2-c2ccccc21.[Ir]. The van der Waals surface area contributed by atoms with Crippen molar-refractivity contribution < 1.29 is 20.1 Å². The molecule has 8 aromatic rings. The molecular formula is C53H51GeIrN3-2. The summed E-state index contributed by atoms with van der Waals surface area (Å²) in [5.41, 5.74) is 15.7. The number of nitrogens with zero attached hydrogens (tertiary/aromatic N) is 3. The summed E-state index contributed by atoms with van der Waals surface area (Å²) < 4.78 is 3.79. The van der Waals surface area contributed by atoms with E-state index >= 15 is 0 Å². The Balaban J connectivity index is 0.000000200. The van der Waals surface area contributed by atoms with Gasteiger partial charge in [0.05, 0.1) is 16.9 Å². The maximum atomic E-state index is 5.09. The van der Waals surface area contributed by atoms with Gasteiger partial charge in [-0.15, -0.1) is 29.3 Å². The number of para-hydroxylation sites is 2. The average molecular weight is 995 g/mol. The van der Waals surface area contributed by atoms with Crippen LogP contribution in [-0.4, -0.2) is 27.8 Å². The second-order valence-corrected chi connectivity index (χ2v) is 28.6. The fourth-order valence-corrected chi connectivity index (χ4v) is 11.6. The molecule has 5 heteroatoms. The molecule has 0 bridgehead atoms. The molecule has 1 aliphatic carbocycles. The average Bonchev–Trinajstić information content (AvgIpc) is 3.70. The van der Waals surface area contributed by atoms with Crippen molar-refractivity contribution in [2.45, 2.75) is 63.7 Å². The number of aromatic nitrogens is 3. The van der Waals surface area contributed by atoms with E-state index in [0.29, 0.717) is 5.41 Å². The number of hydrogen-bond acceptors (Lipinski definition) is 2. The Morgan fingerprint density at radius 1 is 0.672 bits per heavy atom. The van der Waals surface area contributed by atoms with E-state index in [4.69, 9.17) is 9.97 Å². The third kappa shape index (κ3) is 8.34. The Kier molecular flexibility index (Phi) is 11.7. The second-order valence-electron chi connectivity index (χ2n) is 18.0. The van der Waals surface area contributed by atoms with Crippen LogP contribution < -0.4 is 4.40 Å². The van der Waals surface area contributed by atoms with Gasteiger partial charge in [0.15, 0.2) is 0 Å². The zero-order valence-electron chi connectivity index (χ0n) is 34.8. The van der Waals surface area contributed by atoms with E-state index in [9.17, 15) is 0 Å². The van der Waals surface area contributed by atoms with E-state index in [1.807, 2.05) is 24.3 Å². The number of hydrogen-bond donors (Lipinski definition) is 0. The predicted octanol–water partition coefficient (Wildman–Crippen LogP) is 13.1. The van der Waals surface area contributed by atoms with Crippen molar-refractivity contribution in [3.8, 4) is 50.6 Å². The van der Waals surface area contributed by atoms with Crippen LogP contribution in [0.4, 0.5) is 0 Å². The summed E-state index contributed by atoms with van der Waals surface area (Å²) in [6, 6.07) is 58.1. The molecule has 0 spiro atoms. The van der Waals surface area contributed by atoms with Crippen molar-refractivity contribution in [3.63, 3.8) is 0 Å². The van der Waals surface area contributed by atoms with Crippen molar-refractivity contribution in [1.82, 2.24) is 14.5 Å². The molecule has 1 radical (unpaired) electrons. The maximum absolute atomic E-state index is 5.09. The molecule has 0 unspecified atom stereocenters. The van der Waals surface area contributed by atoms with Crippen molar-refractivity contribution in [1.29, 1.82) is 0 Å². The molecule has 0 N–H and O–H groups in total. The smallest absolute Gasteiger partial charge is 0.0774 e. The first kappa shape index (κ1) is 41.3. The molecule has 2 heterocycles. The molecule has 9 rings (SSSR count). The molecule has 293 valence electrons. The Morgan fingerprint density at radius 2 is 1.34 bits per heavy atom. The summed E-state index contributed by atoms with van der Waals surface area (Å²) in [6.07, 6.45) is 3.24. The van der Waals surface area contributed by atoms with Gasteiger partial charge in [-0.2, -0.15) is 0 Å². The molecule has 0 atom stereocenters. The zero-order valence-corrected chi connectivity index (χ0v) is 39.3. The first-order chi connectivity index (χ1) is 27.3. The standard InChI is InChI=1S/C34H25N2.C19H26GeN.Ir/c1-34(2)29-13-7-6-12-27(29)28-22-25(18-21-30(28)34)33-35-31-14-8-9-15-32(31)36(33)26-19-16-24(17-20-26)23-10-4-3-5-11-23;1-19(2,3)13-16-12-18(15-10-8-7-9-11-15)21-14-17(16)20(4,5)6;/h3-17,19-22H,1-2H3;7-10,12,14H,13H2,1-6H3;/q2*-1;. The second kappa shape index (κ2) is 16.4. The van der Waals surface area contributed by atoms with E-state index in [1.54, 1.807) is 0 Å². The Hall–Kier alpha value is -4.87. The molecular weight excluding hydrogens is 943 g/mol. The first-order valence-electron chi connectivity index (χ1n) is 20.0. The van der Waals surface area contributed by atoms with Gasteiger partial charge in [0, 0.05) is 25.8 Å². The maximum Gasteiger partial charge on any atom is 0.0774 e. The van der Waals surface area contributed by atoms with Gasteiger partial charge >= 0.3 is 132 Å². The summed E-state index contributed by atoms with van der Waals surface area (Å²) in [5.74, 6) is 8.24. The van der Waals surface area contributed by atoms with Crippen molar-refractivity contribution in [3.05, 3.63) is 181 Å². The predicted molar refractivity (Wildman–Crippen MR) is 243 cm³/mol. The monoisotopic (exact) mass is 996 g/mol. The van der Waals surface area contributed by atoms with Crippen LogP contribution in [0.15, 0.2) is 152 Å². The van der Waals surface area contributed by atoms with Crippen molar-refractivity contribution in [2.24, 2.45) is 5.41 Å². The summed E-state index contributed by atoms with van der Waals surface area (Å²) in [4.78, 5) is 9.81. The molecule has 58 heavy (non-hydrogen) atoms. The third-order valence-corrected chi connectivity index (χ3v) is 15.4. The minimum absolute atomic E-state index is 0. The van der Waals surface area contributed by atoms with Gasteiger partial charge in [-0.3, -0.25) is 4.98 Å². The molecule has 0 saturated heterocycles. The van der Waals surface area contributed by atoms with Crippen LogP contribution >= 0.6 is 0 Å². The Morgan fingerprint density at radius 3 is 2.05 bits per heavy atom. The number of benzene rings is 6.